The molecule has 2 aliphatic rings. The Morgan fingerprint density at radius 1 is 1.05 bits per heavy atom. The largest absolute Gasteiger partial charge is 0.483 e. The first-order valence-corrected chi connectivity index (χ1v) is 11.8. The van der Waals surface area contributed by atoms with Gasteiger partial charge in [0.15, 0.2) is 6.61 Å². The summed E-state index contributed by atoms with van der Waals surface area (Å²) in [6, 6.07) is 12.1. The second-order valence-corrected chi connectivity index (χ2v) is 9.08. The predicted octanol–water partition coefficient (Wildman–Crippen LogP) is 5.67. The molecule has 3 heterocycles. The molecule has 0 spiro atoms. The molecule has 1 atom stereocenters. The van der Waals surface area contributed by atoms with Gasteiger partial charge in [0.1, 0.15) is 11.6 Å². The van der Waals surface area contributed by atoms with Gasteiger partial charge in [-0.25, -0.2) is 4.39 Å². The van der Waals surface area contributed by atoms with Crippen molar-refractivity contribution < 1.29 is 31.9 Å². The molecular formula is C27H23F4N3O3. The molecule has 1 unspecified atom stereocenters. The van der Waals surface area contributed by atoms with Crippen LogP contribution in [0.1, 0.15) is 47.3 Å². The predicted molar refractivity (Wildman–Crippen MR) is 127 cm³/mol. The quantitative estimate of drug-likeness (QED) is 0.399. The molecular weight excluding hydrogens is 490 g/mol. The number of hydrogen-bond acceptors (Lipinski definition) is 4. The first kappa shape index (κ1) is 24.7. The van der Waals surface area contributed by atoms with Gasteiger partial charge in [0.25, 0.3) is 5.91 Å². The molecule has 1 fully saturated rings. The maximum atomic E-state index is 13.8. The van der Waals surface area contributed by atoms with Crippen LogP contribution in [0.3, 0.4) is 0 Å². The third kappa shape index (κ3) is 4.87. The van der Waals surface area contributed by atoms with Crippen LogP contribution in [0.5, 0.6) is 5.75 Å². The lowest BCUT2D eigenvalue weighted by Gasteiger charge is -2.25. The van der Waals surface area contributed by atoms with Gasteiger partial charge in [0.05, 0.1) is 18.3 Å². The highest BCUT2D eigenvalue weighted by molar-refractivity contribution is 6.11. The van der Waals surface area contributed by atoms with Crippen LogP contribution < -0.4 is 9.64 Å². The molecule has 0 bridgehead atoms. The van der Waals surface area contributed by atoms with E-state index in [1.165, 1.54) is 12.3 Å². The molecule has 0 aliphatic carbocycles. The molecule has 1 saturated heterocycles. The van der Waals surface area contributed by atoms with E-state index in [9.17, 15) is 27.2 Å². The van der Waals surface area contributed by atoms with Gasteiger partial charge in [-0.3, -0.25) is 14.6 Å². The number of likely N-dealkylation sites (tertiary alicyclic amines) is 1. The fraction of sp³-hybridized carbons (Fsp3) is 0.296. The number of nitrogens with zero attached hydrogens (tertiary/aromatic N) is 3. The van der Waals surface area contributed by atoms with Crippen molar-refractivity contribution in [2.45, 2.75) is 38.5 Å². The van der Waals surface area contributed by atoms with Crippen LogP contribution >= 0.6 is 0 Å². The SMILES string of the molecule is CC(c1ccc(N2Cc3c(ccnc3-c3ccc(F)cc3OCC(F)(F)F)C2=O)cc1)N1CCCC1=O. The Bertz CT molecular complexity index is 1360. The Labute approximate surface area is 210 Å². The minimum atomic E-state index is -4.60. The topological polar surface area (TPSA) is 62.7 Å². The number of carbonyl (C=O) groups is 2. The number of rotatable bonds is 6. The van der Waals surface area contributed by atoms with E-state index in [4.69, 9.17) is 4.74 Å². The molecule has 0 N–H and O–H groups in total. The van der Waals surface area contributed by atoms with Crippen molar-refractivity contribution in [3.63, 3.8) is 0 Å². The summed E-state index contributed by atoms with van der Waals surface area (Å²) in [5.41, 5.74) is 2.86. The average Bonchev–Trinajstić information content (AvgIpc) is 3.45. The molecule has 6 nitrogen and oxygen atoms in total. The molecule has 2 aromatic carbocycles. The smallest absolute Gasteiger partial charge is 0.422 e. The highest BCUT2D eigenvalue weighted by Gasteiger charge is 2.33. The zero-order valence-electron chi connectivity index (χ0n) is 19.9. The number of fused-ring (bicyclic) bond motifs is 1. The van der Waals surface area contributed by atoms with E-state index in [1.54, 1.807) is 23.1 Å². The molecule has 2 amide bonds. The van der Waals surface area contributed by atoms with Crippen molar-refractivity contribution in [2.75, 3.05) is 18.1 Å². The summed E-state index contributed by atoms with van der Waals surface area (Å²) in [5.74, 6) is -1.22. The number of benzene rings is 2. The van der Waals surface area contributed by atoms with Gasteiger partial charge < -0.3 is 14.5 Å². The van der Waals surface area contributed by atoms with Crippen LogP contribution in [0.25, 0.3) is 11.3 Å². The monoisotopic (exact) mass is 513 g/mol. The summed E-state index contributed by atoms with van der Waals surface area (Å²) in [5, 5.41) is 0. The van der Waals surface area contributed by atoms with Crippen LogP contribution in [-0.4, -0.2) is 41.0 Å². The Kier molecular flexibility index (Phi) is 6.35. The highest BCUT2D eigenvalue weighted by Crippen LogP contribution is 2.38. The second kappa shape index (κ2) is 9.49. The maximum Gasteiger partial charge on any atom is 0.422 e. The first-order chi connectivity index (χ1) is 17.6. The minimum Gasteiger partial charge on any atom is -0.483 e. The van der Waals surface area contributed by atoms with E-state index in [0.29, 0.717) is 23.2 Å². The lowest BCUT2D eigenvalue weighted by atomic mass is 10.0. The van der Waals surface area contributed by atoms with Crippen LogP contribution in [-0.2, 0) is 11.3 Å². The number of pyridine rings is 1. The molecule has 5 rings (SSSR count). The number of amides is 2. The lowest BCUT2D eigenvalue weighted by molar-refractivity contribution is -0.153. The van der Waals surface area contributed by atoms with E-state index < -0.39 is 18.6 Å². The van der Waals surface area contributed by atoms with E-state index in [2.05, 4.69) is 4.98 Å². The number of carbonyl (C=O) groups excluding carboxylic acids is 2. The van der Waals surface area contributed by atoms with Crippen LogP contribution in [0.15, 0.2) is 54.7 Å². The summed E-state index contributed by atoms with van der Waals surface area (Å²) < 4.78 is 57.0. The molecule has 10 heteroatoms. The van der Waals surface area contributed by atoms with Gasteiger partial charge >= 0.3 is 6.18 Å². The Balaban J connectivity index is 1.43. The van der Waals surface area contributed by atoms with Gasteiger partial charge in [-0.05, 0) is 49.2 Å². The zero-order chi connectivity index (χ0) is 26.3. The first-order valence-electron chi connectivity index (χ1n) is 11.8. The molecule has 0 radical (unpaired) electrons. The molecule has 37 heavy (non-hydrogen) atoms. The van der Waals surface area contributed by atoms with Crippen molar-refractivity contribution in [3.05, 3.63) is 77.2 Å². The maximum absolute atomic E-state index is 13.8. The Morgan fingerprint density at radius 3 is 2.49 bits per heavy atom. The lowest BCUT2D eigenvalue weighted by Crippen LogP contribution is -2.28. The minimum absolute atomic E-state index is 0.0834. The number of alkyl halides is 3. The number of halogens is 4. The summed E-state index contributed by atoms with van der Waals surface area (Å²) in [6.45, 7) is 1.23. The molecule has 0 saturated carbocycles. The summed E-state index contributed by atoms with van der Waals surface area (Å²) >= 11 is 0. The van der Waals surface area contributed by atoms with Gasteiger partial charge in [0, 0.05) is 47.6 Å². The number of ether oxygens (including phenoxy) is 1. The standard InChI is InChI=1S/C27H23F4N3O3/c1-16(33-12-2-3-24(33)35)17-4-7-19(8-5-17)34-14-22-20(26(34)36)10-11-32-25(22)21-9-6-18(28)13-23(21)37-15-27(29,30)31/h4-11,13,16H,2-3,12,14-15H2,1H3. The van der Waals surface area contributed by atoms with Crippen molar-refractivity contribution in [2.24, 2.45) is 0 Å². The molecule has 3 aromatic rings. The van der Waals surface area contributed by atoms with Crippen molar-refractivity contribution in [1.29, 1.82) is 0 Å². The average molecular weight is 513 g/mol. The summed E-state index contributed by atoms with van der Waals surface area (Å²) in [7, 11) is 0. The van der Waals surface area contributed by atoms with Crippen LogP contribution in [0, 0.1) is 5.82 Å². The fourth-order valence-corrected chi connectivity index (χ4v) is 4.83. The third-order valence-electron chi connectivity index (χ3n) is 6.70. The van der Waals surface area contributed by atoms with E-state index in [-0.39, 0.29) is 41.4 Å². The van der Waals surface area contributed by atoms with Crippen molar-refractivity contribution in [1.82, 2.24) is 9.88 Å². The van der Waals surface area contributed by atoms with Gasteiger partial charge in [-0.2, -0.15) is 13.2 Å². The van der Waals surface area contributed by atoms with Crippen LogP contribution in [0.2, 0.25) is 0 Å². The van der Waals surface area contributed by atoms with Gasteiger partial charge in [-0.15, -0.1) is 0 Å². The van der Waals surface area contributed by atoms with Crippen molar-refractivity contribution in [3.8, 4) is 17.0 Å². The van der Waals surface area contributed by atoms with Gasteiger partial charge in [0.2, 0.25) is 5.91 Å². The third-order valence-corrected chi connectivity index (χ3v) is 6.70. The fourth-order valence-electron chi connectivity index (χ4n) is 4.83. The highest BCUT2D eigenvalue weighted by atomic mass is 19.4. The van der Waals surface area contributed by atoms with E-state index in [1.807, 2.05) is 24.0 Å². The number of hydrogen-bond donors (Lipinski definition) is 0. The van der Waals surface area contributed by atoms with E-state index >= 15 is 0 Å². The molecule has 2 aliphatic heterocycles. The van der Waals surface area contributed by atoms with Crippen LogP contribution in [0.4, 0.5) is 23.2 Å². The van der Waals surface area contributed by atoms with Gasteiger partial charge in [-0.1, -0.05) is 12.1 Å². The zero-order valence-corrected chi connectivity index (χ0v) is 19.9. The molecule has 192 valence electrons. The normalized spacial score (nSPS) is 16.4. The number of anilines is 1. The van der Waals surface area contributed by atoms with Crippen molar-refractivity contribution >= 4 is 17.5 Å². The molecule has 1 aromatic heterocycles. The second-order valence-electron chi connectivity index (χ2n) is 9.08. The summed E-state index contributed by atoms with van der Waals surface area (Å²) in [4.78, 5) is 33.0. The summed E-state index contributed by atoms with van der Waals surface area (Å²) in [6.07, 6.45) is -1.82. The Morgan fingerprint density at radius 2 is 1.81 bits per heavy atom. The number of aromatic nitrogens is 1. The Hall–Kier alpha value is -3.95. The van der Waals surface area contributed by atoms with E-state index in [0.717, 1.165) is 30.7 Å².